The summed E-state index contributed by atoms with van der Waals surface area (Å²) in [5.74, 6) is 1.75. The molecule has 0 aliphatic carbocycles. The summed E-state index contributed by atoms with van der Waals surface area (Å²) in [5, 5.41) is 11.2. The Kier molecular flexibility index (Phi) is 8.49. The van der Waals surface area contributed by atoms with Crippen LogP contribution in [0.15, 0.2) is 33.8 Å². The van der Waals surface area contributed by atoms with Gasteiger partial charge in [0.1, 0.15) is 0 Å². The molecule has 0 bridgehead atoms. The number of piperidine rings is 1. The highest BCUT2D eigenvalue weighted by Gasteiger charge is 2.21. The van der Waals surface area contributed by atoms with Crippen LogP contribution in [-0.2, 0) is 11.3 Å². The summed E-state index contributed by atoms with van der Waals surface area (Å²) in [4.78, 5) is 21.9. The lowest BCUT2D eigenvalue weighted by molar-refractivity contribution is -0.129. The lowest BCUT2D eigenvalue weighted by Gasteiger charge is -2.32. The number of likely N-dealkylation sites (tertiary alicyclic amines) is 1. The second-order valence-electron chi connectivity index (χ2n) is 6.37. The molecule has 1 amide bonds. The lowest BCUT2D eigenvalue weighted by atomic mass is 10.1. The molecule has 2 aromatic rings. The summed E-state index contributed by atoms with van der Waals surface area (Å²) in [7, 11) is 1.71. The van der Waals surface area contributed by atoms with Gasteiger partial charge in [0.2, 0.25) is 17.6 Å². The Morgan fingerprint density at radius 2 is 2.14 bits per heavy atom. The minimum Gasteiger partial charge on any atom is -0.354 e. The van der Waals surface area contributed by atoms with Gasteiger partial charge in [-0.1, -0.05) is 28.9 Å². The monoisotopic (exact) mass is 518 g/mol. The predicted octanol–water partition coefficient (Wildman–Crippen LogP) is 2.68. The molecule has 1 aromatic carbocycles. The topological polar surface area (TPSA) is 95.7 Å². The van der Waals surface area contributed by atoms with Gasteiger partial charge < -0.3 is 20.1 Å². The number of guanidine groups is 1. The molecule has 28 heavy (non-hydrogen) atoms. The first-order chi connectivity index (χ1) is 13.0. The van der Waals surface area contributed by atoms with Crippen molar-refractivity contribution in [2.45, 2.75) is 32.4 Å². The molecule has 1 aromatic heterocycles. The van der Waals surface area contributed by atoms with Gasteiger partial charge in [-0.3, -0.25) is 9.79 Å². The number of hydrogen-bond donors (Lipinski definition) is 2. The molecule has 1 saturated heterocycles. The van der Waals surface area contributed by atoms with E-state index in [4.69, 9.17) is 16.1 Å². The van der Waals surface area contributed by atoms with Crippen molar-refractivity contribution in [1.82, 2.24) is 25.7 Å². The maximum absolute atomic E-state index is 11.4. The average Bonchev–Trinajstić information content (AvgIpc) is 3.14. The summed E-state index contributed by atoms with van der Waals surface area (Å²) >= 11 is 6.00. The summed E-state index contributed by atoms with van der Waals surface area (Å²) in [5.41, 5.74) is 0.803. The van der Waals surface area contributed by atoms with Crippen LogP contribution in [0.2, 0.25) is 5.02 Å². The minimum absolute atomic E-state index is 0. The van der Waals surface area contributed by atoms with Crippen LogP contribution in [0, 0.1) is 0 Å². The van der Waals surface area contributed by atoms with E-state index in [1.165, 1.54) is 0 Å². The van der Waals surface area contributed by atoms with Crippen molar-refractivity contribution in [3.63, 3.8) is 0 Å². The normalized spacial score (nSPS) is 15.1. The smallest absolute Gasteiger partial charge is 0.246 e. The van der Waals surface area contributed by atoms with Crippen molar-refractivity contribution >= 4 is 47.4 Å². The van der Waals surface area contributed by atoms with E-state index >= 15 is 0 Å². The van der Waals surface area contributed by atoms with Crippen molar-refractivity contribution in [3.05, 3.63) is 35.2 Å². The molecule has 1 fully saturated rings. The number of amides is 1. The fourth-order valence-corrected chi connectivity index (χ4v) is 3.15. The number of aromatic nitrogens is 2. The molecule has 10 heteroatoms. The van der Waals surface area contributed by atoms with Gasteiger partial charge in [-0.2, -0.15) is 4.98 Å². The van der Waals surface area contributed by atoms with E-state index in [9.17, 15) is 4.79 Å². The molecular weight excluding hydrogens is 495 g/mol. The van der Waals surface area contributed by atoms with Gasteiger partial charge in [-0.15, -0.1) is 24.0 Å². The van der Waals surface area contributed by atoms with Crippen LogP contribution in [0.5, 0.6) is 0 Å². The molecular formula is C18H24ClIN6O2. The third-order valence-electron chi connectivity index (χ3n) is 4.46. The van der Waals surface area contributed by atoms with E-state index < -0.39 is 0 Å². The van der Waals surface area contributed by atoms with Gasteiger partial charge in [-0.25, -0.2) is 0 Å². The molecule has 2 N–H and O–H groups in total. The molecule has 2 heterocycles. The first kappa shape index (κ1) is 22.4. The quantitative estimate of drug-likeness (QED) is 0.367. The number of hydrogen-bond acceptors (Lipinski definition) is 5. The Morgan fingerprint density at radius 1 is 1.39 bits per heavy atom. The molecule has 0 spiro atoms. The summed E-state index contributed by atoms with van der Waals surface area (Å²) < 4.78 is 5.29. The molecule has 0 unspecified atom stereocenters. The molecule has 1 aliphatic heterocycles. The zero-order valence-corrected chi connectivity index (χ0v) is 18.9. The van der Waals surface area contributed by atoms with Gasteiger partial charge in [0, 0.05) is 43.7 Å². The highest BCUT2D eigenvalue weighted by molar-refractivity contribution is 14.0. The number of nitrogens with one attached hydrogen (secondary N) is 2. The zero-order chi connectivity index (χ0) is 19.2. The minimum atomic E-state index is 0. The van der Waals surface area contributed by atoms with Gasteiger partial charge in [-0.05, 0) is 25.0 Å². The van der Waals surface area contributed by atoms with Crippen molar-refractivity contribution < 1.29 is 9.32 Å². The Bertz CT molecular complexity index is 820. The van der Waals surface area contributed by atoms with Crippen LogP contribution in [-0.4, -0.2) is 53.1 Å². The molecule has 1 aliphatic rings. The number of carbonyl (C=O) groups excluding carboxylic acids is 1. The highest BCUT2D eigenvalue weighted by Crippen LogP contribution is 2.19. The summed E-state index contributed by atoms with van der Waals surface area (Å²) in [6.45, 7) is 3.49. The largest absolute Gasteiger partial charge is 0.354 e. The Hall–Kier alpha value is -1.88. The number of halogens is 2. The average molecular weight is 519 g/mol. The third kappa shape index (κ3) is 6.06. The number of aliphatic imine (C=N–C) groups is 1. The third-order valence-corrected chi connectivity index (χ3v) is 4.70. The molecule has 3 rings (SSSR count). The van der Waals surface area contributed by atoms with Crippen LogP contribution < -0.4 is 10.6 Å². The van der Waals surface area contributed by atoms with Crippen LogP contribution in [0.3, 0.4) is 0 Å². The second-order valence-corrected chi connectivity index (χ2v) is 6.81. The van der Waals surface area contributed by atoms with Crippen molar-refractivity contribution in [3.8, 4) is 11.4 Å². The lowest BCUT2D eigenvalue weighted by Crippen LogP contribution is -2.49. The summed E-state index contributed by atoms with van der Waals surface area (Å²) in [6, 6.07) is 7.58. The van der Waals surface area contributed by atoms with E-state index in [0.29, 0.717) is 29.2 Å². The Balaban J connectivity index is 0.00000280. The van der Waals surface area contributed by atoms with E-state index in [1.54, 1.807) is 26.1 Å². The fraction of sp³-hybridized carbons (Fsp3) is 0.444. The number of benzene rings is 1. The molecule has 0 saturated carbocycles. The van der Waals surface area contributed by atoms with Crippen LogP contribution in [0.25, 0.3) is 11.4 Å². The van der Waals surface area contributed by atoms with Crippen LogP contribution in [0.1, 0.15) is 25.7 Å². The Labute approximate surface area is 186 Å². The van der Waals surface area contributed by atoms with E-state index in [0.717, 1.165) is 31.5 Å². The van der Waals surface area contributed by atoms with Crippen molar-refractivity contribution in [2.75, 3.05) is 20.1 Å². The maximum atomic E-state index is 11.4. The van der Waals surface area contributed by atoms with Gasteiger partial charge in [0.05, 0.1) is 6.54 Å². The molecule has 0 radical (unpaired) electrons. The van der Waals surface area contributed by atoms with Gasteiger partial charge >= 0.3 is 0 Å². The van der Waals surface area contributed by atoms with E-state index in [2.05, 4.69) is 25.8 Å². The maximum Gasteiger partial charge on any atom is 0.246 e. The Morgan fingerprint density at radius 3 is 2.79 bits per heavy atom. The molecule has 0 atom stereocenters. The molecule has 8 nitrogen and oxygen atoms in total. The number of carbonyl (C=O) groups is 1. The number of nitrogens with zero attached hydrogens (tertiary/aromatic N) is 4. The van der Waals surface area contributed by atoms with E-state index in [1.807, 2.05) is 17.0 Å². The van der Waals surface area contributed by atoms with Crippen LogP contribution >= 0.6 is 35.6 Å². The fourth-order valence-electron chi connectivity index (χ4n) is 2.96. The summed E-state index contributed by atoms with van der Waals surface area (Å²) in [6.07, 6.45) is 1.78. The van der Waals surface area contributed by atoms with Gasteiger partial charge in [0.15, 0.2) is 5.96 Å². The molecule has 152 valence electrons. The van der Waals surface area contributed by atoms with Crippen LogP contribution in [0.4, 0.5) is 0 Å². The second kappa shape index (κ2) is 10.6. The number of rotatable bonds is 4. The standard InChI is InChI=1S/C18H23ClN6O2.HI/c1-12(26)25-8-6-15(7-9-25)22-18(20-2)21-11-16-23-17(24-27-16)13-4-3-5-14(19)10-13;/h3-5,10,15H,6-9,11H2,1-2H3,(H2,20,21,22);1H. The zero-order valence-electron chi connectivity index (χ0n) is 15.8. The first-order valence-corrected chi connectivity index (χ1v) is 9.24. The first-order valence-electron chi connectivity index (χ1n) is 8.86. The van der Waals surface area contributed by atoms with E-state index in [-0.39, 0.29) is 35.9 Å². The van der Waals surface area contributed by atoms with Gasteiger partial charge in [0.25, 0.3) is 0 Å². The van der Waals surface area contributed by atoms with Crippen molar-refractivity contribution in [1.29, 1.82) is 0 Å². The highest BCUT2D eigenvalue weighted by atomic mass is 127. The predicted molar refractivity (Wildman–Crippen MR) is 119 cm³/mol. The SMILES string of the molecule is CN=C(NCc1nc(-c2cccc(Cl)c2)no1)NC1CCN(C(C)=O)CC1.I. The van der Waals surface area contributed by atoms with Crippen molar-refractivity contribution in [2.24, 2.45) is 4.99 Å².